The lowest BCUT2D eigenvalue weighted by atomic mass is 10.2. The van der Waals surface area contributed by atoms with Crippen molar-refractivity contribution >= 4 is 27.4 Å². The molecule has 1 aliphatic carbocycles. The van der Waals surface area contributed by atoms with Gasteiger partial charge in [0.2, 0.25) is 0 Å². The molecule has 0 unspecified atom stereocenters. The number of pyridine rings is 1. The highest BCUT2D eigenvalue weighted by molar-refractivity contribution is 7.20. The first kappa shape index (κ1) is 12.4. The van der Waals surface area contributed by atoms with Crippen LogP contribution < -0.4 is 5.56 Å². The molecule has 19 heavy (non-hydrogen) atoms. The Kier molecular flexibility index (Phi) is 2.93. The predicted octanol–water partition coefficient (Wildman–Crippen LogP) is 3.18. The Balaban J connectivity index is 2.23. The molecule has 0 spiro atoms. The van der Waals surface area contributed by atoms with Crippen molar-refractivity contribution in [2.24, 2.45) is 0 Å². The van der Waals surface area contributed by atoms with Gasteiger partial charge in [-0.05, 0) is 31.9 Å². The number of aryl methyl sites for hydroxylation is 1. The molecule has 2 heterocycles. The summed E-state index contributed by atoms with van der Waals surface area (Å²) >= 11 is 1.17. The van der Waals surface area contributed by atoms with Crippen LogP contribution in [0.25, 0.3) is 10.1 Å². The SMILES string of the molecule is Cc1cc2sc(C(=O)O)cc2c(=O)n1C1CCCC1. The molecule has 0 aromatic carbocycles. The van der Waals surface area contributed by atoms with E-state index in [1.54, 1.807) is 0 Å². The van der Waals surface area contributed by atoms with Crippen LogP contribution in [0, 0.1) is 6.92 Å². The lowest BCUT2D eigenvalue weighted by molar-refractivity contribution is 0.0702. The molecule has 2 aromatic rings. The maximum absolute atomic E-state index is 12.5. The number of carboxylic acids is 1. The fraction of sp³-hybridized carbons (Fsp3) is 0.429. The van der Waals surface area contributed by atoms with Crippen LogP contribution in [0.3, 0.4) is 0 Å². The van der Waals surface area contributed by atoms with Crippen molar-refractivity contribution in [2.45, 2.75) is 38.6 Å². The van der Waals surface area contributed by atoms with Crippen LogP contribution in [0.15, 0.2) is 16.9 Å². The Morgan fingerprint density at radius 3 is 2.68 bits per heavy atom. The van der Waals surface area contributed by atoms with Crippen LogP contribution in [0.4, 0.5) is 0 Å². The van der Waals surface area contributed by atoms with E-state index < -0.39 is 5.97 Å². The van der Waals surface area contributed by atoms with Gasteiger partial charge in [0.15, 0.2) is 0 Å². The van der Waals surface area contributed by atoms with E-state index in [0.717, 1.165) is 23.2 Å². The van der Waals surface area contributed by atoms with E-state index in [9.17, 15) is 9.59 Å². The number of rotatable bonds is 2. The van der Waals surface area contributed by atoms with Gasteiger partial charge in [-0.25, -0.2) is 4.79 Å². The number of carboxylic acid groups (broad SMARTS) is 1. The Morgan fingerprint density at radius 2 is 2.05 bits per heavy atom. The summed E-state index contributed by atoms with van der Waals surface area (Å²) in [6.45, 7) is 1.93. The third-order valence-electron chi connectivity index (χ3n) is 3.83. The predicted molar refractivity (Wildman–Crippen MR) is 75.3 cm³/mol. The van der Waals surface area contributed by atoms with Gasteiger partial charge >= 0.3 is 5.97 Å². The monoisotopic (exact) mass is 277 g/mol. The maximum Gasteiger partial charge on any atom is 0.345 e. The van der Waals surface area contributed by atoms with Crippen LogP contribution in [-0.4, -0.2) is 15.6 Å². The summed E-state index contributed by atoms with van der Waals surface area (Å²) in [4.78, 5) is 23.8. The average molecular weight is 277 g/mol. The van der Waals surface area contributed by atoms with E-state index in [2.05, 4.69) is 0 Å². The van der Waals surface area contributed by atoms with E-state index in [0.29, 0.717) is 5.39 Å². The largest absolute Gasteiger partial charge is 0.477 e. The van der Waals surface area contributed by atoms with Gasteiger partial charge in [-0.3, -0.25) is 4.79 Å². The number of aromatic carboxylic acids is 1. The van der Waals surface area contributed by atoms with Gasteiger partial charge in [0.25, 0.3) is 5.56 Å². The minimum absolute atomic E-state index is 0.0364. The van der Waals surface area contributed by atoms with Gasteiger partial charge in [-0.1, -0.05) is 12.8 Å². The van der Waals surface area contributed by atoms with Crippen molar-refractivity contribution in [3.8, 4) is 0 Å². The normalized spacial score (nSPS) is 16.3. The summed E-state index contributed by atoms with van der Waals surface area (Å²) in [7, 11) is 0. The number of carbonyl (C=O) groups is 1. The van der Waals surface area contributed by atoms with Gasteiger partial charge in [0.05, 0.1) is 5.39 Å². The van der Waals surface area contributed by atoms with Crippen molar-refractivity contribution in [1.82, 2.24) is 4.57 Å². The molecule has 1 aliphatic rings. The number of hydrogen-bond donors (Lipinski definition) is 1. The first-order valence-electron chi connectivity index (χ1n) is 6.47. The second-order valence-electron chi connectivity index (χ2n) is 5.09. The highest BCUT2D eigenvalue weighted by atomic mass is 32.1. The average Bonchev–Trinajstić information content (AvgIpc) is 2.97. The van der Waals surface area contributed by atoms with E-state index in [1.807, 2.05) is 17.6 Å². The molecule has 0 aliphatic heterocycles. The van der Waals surface area contributed by atoms with Gasteiger partial charge in [0, 0.05) is 16.4 Å². The second kappa shape index (κ2) is 4.49. The molecule has 4 nitrogen and oxygen atoms in total. The minimum Gasteiger partial charge on any atom is -0.477 e. The van der Waals surface area contributed by atoms with Gasteiger partial charge in [-0.2, -0.15) is 0 Å². The molecule has 0 amide bonds. The molecule has 0 bridgehead atoms. The first-order chi connectivity index (χ1) is 9.08. The molecule has 5 heteroatoms. The van der Waals surface area contributed by atoms with E-state index >= 15 is 0 Å². The Morgan fingerprint density at radius 1 is 1.37 bits per heavy atom. The lowest BCUT2D eigenvalue weighted by Gasteiger charge is -2.16. The summed E-state index contributed by atoms with van der Waals surface area (Å²) in [6, 6.07) is 3.73. The Labute approximate surface area is 114 Å². The number of hydrogen-bond acceptors (Lipinski definition) is 3. The molecule has 1 N–H and O–H groups in total. The number of thiophene rings is 1. The summed E-state index contributed by atoms with van der Waals surface area (Å²) in [5.41, 5.74) is 0.897. The molecular weight excluding hydrogens is 262 g/mol. The molecule has 0 radical (unpaired) electrons. The van der Waals surface area contributed by atoms with E-state index in [4.69, 9.17) is 5.11 Å². The zero-order valence-corrected chi connectivity index (χ0v) is 11.5. The molecule has 3 rings (SSSR count). The van der Waals surface area contributed by atoms with Crippen molar-refractivity contribution in [2.75, 3.05) is 0 Å². The maximum atomic E-state index is 12.5. The first-order valence-corrected chi connectivity index (χ1v) is 7.28. The van der Waals surface area contributed by atoms with Crippen molar-refractivity contribution in [3.63, 3.8) is 0 Å². The van der Waals surface area contributed by atoms with Gasteiger partial charge in [-0.15, -0.1) is 11.3 Å². The highest BCUT2D eigenvalue weighted by Gasteiger charge is 2.21. The molecule has 0 saturated heterocycles. The molecular formula is C14H15NO3S. The Hall–Kier alpha value is -1.62. The molecule has 100 valence electrons. The van der Waals surface area contributed by atoms with Crippen LogP contribution >= 0.6 is 11.3 Å². The third-order valence-corrected chi connectivity index (χ3v) is 4.90. The van der Waals surface area contributed by atoms with E-state index in [-0.39, 0.29) is 16.5 Å². The lowest BCUT2D eigenvalue weighted by Crippen LogP contribution is -2.25. The van der Waals surface area contributed by atoms with Crippen LogP contribution in [0.5, 0.6) is 0 Å². The van der Waals surface area contributed by atoms with Gasteiger partial charge in [0.1, 0.15) is 4.88 Å². The molecule has 0 atom stereocenters. The fourth-order valence-corrected chi connectivity index (χ4v) is 3.94. The minimum atomic E-state index is -0.967. The van der Waals surface area contributed by atoms with Crippen LogP contribution in [0.1, 0.15) is 47.1 Å². The van der Waals surface area contributed by atoms with Crippen molar-refractivity contribution in [1.29, 1.82) is 0 Å². The number of fused-ring (bicyclic) bond motifs is 1. The van der Waals surface area contributed by atoms with Crippen LogP contribution in [0.2, 0.25) is 0 Å². The zero-order chi connectivity index (χ0) is 13.6. The molecule has 1 saturated carbocycles. The standard InChI is InChI=1S/C14H15NO3S/c1-8-6-11-10(7-12(19-11)14(17)18)13(16)15(8)9-4-2-3-5-9/h6-7,9H,2-5H2,1H3,(H,17,18). The summed E-state index contributed by atoms with van der Waals surface area (Å²) in [6.07, 6.45) is 4.42. The molecule has 1 fully saturated rings. The number of aromatic nitrogens is 1. The summed E-state index contributed by atoms with van der Waals surface area (Å²) in [5, 5.41) is 9.57. The fourth-order valence-electron chi connectivity index (χ4n) is 2.95. The topological polar surface area (TPSA) is 59.3 Å². The number of nitrogens with zero attached hydrogens (tertiary/aromatic N) is 1. The van der Waals surface area contributed by atoms with Crippen molar-refractivity contribution in [3.05, 3.63) is 33.1 Å². The van der Waals surface area contributed by atoms with Crippen molar-refractivity contribution < 1.29 is 9.90 Å². The zero-order valence-electron chi connectivity index (χ0n) is 10.7. The summed E-state index contributed by atoms with van der Waals surface area (Å²) < 4.78 is 2.63. The second-order valence-corrected chi connectivity index (χ2v) is 6.18. The molecule has 2 aromatic heterocycles. The van der Waals surface area contributed by atoms with E-state index in [1.165, 1.54) is 30.2 Å². The summed E-state index contributed by atoms with van der Waals surface area (Å²) in [5.74, 6) is -0.967. The van der Waals surface area contributed by atoms with Gasteiger partial charge < -0.3 is 9.67 Å². The highest BCUT2D eigenvalue weighted by Crippen LogP contribution is 2.31. The van der Waals surface area contributed by atoms with Crippen LogP contribution in [-0.2, 0) is 0 Å². The Bertz CT molecular complexity index is 707. The third kappa shape index (κ3) is 1.98. The quantitative estimate of drug-likeness (QED) is 0.917. The smallest absolute Gasteiger partial charge is 0.345 e.